The fourth-order valence-corrected chi connectivity index (χ4v) is 3.92. The molecule has 0 aromatic heterocycles. The van der Waals surface area contributed by atoms with E-state index in [-0.39, 0.29) is 11.0 Å². The van der Waals surface area contributed by atoms with E-state index in [9.17, 15) is 14.4 Å². The lowest BCUT2D eigenvalue weighted by Crippen LogP contribution is -2.42. The van der Waals surface area contributed by atoms with E-state index in [1.165, 1.54) is 21.1 Å². The van der Waals surface area contributed by atoms with Crippen LogP contribution in [0.4, 0.5) is 4.79 Å². The first-order chi connectivity index (χ1) is 13.2. The number of halogens is 1. The van der Waals surface area contributed by atoms with Crippen LogP contribution in [0.25, 0.3) is 6.08 Å². The number of carbonyl (C=O) groups excluding carboxylic acids is 3. The summed E-state index contributed by atoms with van der Waals surface area (Å²) in [5.41, 5.74) is 0.649. The van der Waals surface area contributed by atoms with Crippen molar-refractivity contribution in [2.45, 2.75) is 39.3 Å². The number of amides is 2. The van der Waals surface area contributed by atoms with Gasteiger partial charge >= 0.3 is 5.97 Å². The number of ether oxygens (including phenoxy) is 3. The number of esters is 1. The first-order valence-corrected chi connectivity index (χ1v) is 10.2. The maximum atomic E-state index is 12.6. The van der Waals surface area contributed by atoms with Crippen molar-refractivity contribution in [1.82, 2.24) is 4.90 Å². The van der Waals surface area contributed by atoms with Crippen LogP contribution >= 0.6 is 27.7 Å². The largest absolute Gasteiger partial charge is 0.493 e. The smallest absolute Gasteiger partial charge is 0.328 e. The van der Waals surface area contributed by atoms with Crippen molar-refractivity contribution in [3.8, 4) is 11.5 Å². The number of methoxy groups -OCH3 is 2. The molecule has 0 unspecified atom stereocenters. The van der Waals surface area contributed by atoms with Crippen LogP contribution in [0, 0.1) is 0 Å². The molecule has 7 nitrogen and oxygen atoms in total. The summed E-state index contributed by atoms with van der Waals surface area (Å²) in [6, 6.07) is 2.51. The molecule has 2 rings (SSSR count). The third-order valence-corrected chi connectivity index (χ3v) is 5.67. The Morgan fingerprint density at radius 1 is 1.29 bits per heavy atom. The molecule has 0 saturated carbocycles. The second-order valence-corrected chi connectivity index (χ2v) is 7.97. The quantitative estimate of drug-likeness (QED) is 0.434. The van der Waals surface area contributed by atoms with Crippen molar-refractivity contribution in [2.24, 2.45) is 0 Å². The normalized spacial score (nSPS) is 17.6. The first kappa shape index (κ1) is 22.3. The number of carbonyl (C=O) groups is 3. The lowest BCUT2D eigenvalue weighted by molar-refractivity contribution is -0.148. The molecule has 1 saturated heterocycles. The van der Waals surface area contributed by atoms with E-state index in [1.807, 2.05) is 13.8 Å². The number of thioether (sulfide) groups is 1. The zero-order valence-electron chi connectivity index (χ0n) is 16.3. The van der Waals surface area contributed by atoms with Gasteiger partial charge < -0.3 is 14.2 Å². The average Bonchev–Trinajstić information content (AvgIpc) is 2.95. The van der Waals surface area contributed by atoms with E-state index in [1.54, 1.807) is 18.2 Å². The van der Waals surface area contributed by atoms with Gasteiger partial charge in [-0.3, -0.25) is 14.5 Å². The highest BCUT2D eigenvalue weighted by Crippen LogP contribution is 2.40. The molecular weight excluding hydrogens is 450 g/mol. The summed E-state index contributed by atoms with van der Waals surface area (Å²) < 4.78 is 16.6. The molecule has 1 fully saturated rings. The molecule has 1 aliphatic rings. The molecule has 0 spiro atoms. The van der Waals surface area contributed by atoms with Gasteiger partial charge in [-0.25, -0.2) is 4.79 Å². The molecule has 1 aliphatic heterocycles. The maximum absolute atomic E-state index is 12.6. The van der Waals surface area contributed by atoms with Crippen LogP contribution in [-0.2, 0) is 14.3 Å². The van der Waals surface area contributed by atoms with E-state index < -0.39 is 23.2 Å². The summed E-state index contributed by atoms with van der Waals surface area (Å²) in [7, 11) is 2.74. The van der Waals surface area contributed by atoms with Gasteiger partial charge in [0.25, 0.3) is 11.1 Å². The van der Waals surface area contributed by atoms with Crippen molar-refractivity contribution < 1.29 is 28.6 Å². The Morgan fingerprint density at radius 3 is 2.54 bits per heavy atom. The summed E-state index contributed by atoms with van der Waals surface area (Å²) in [5, 5.41) is -0.517. The standard InChI is InChI=1S/C19H22BrNO6S/c1-6-10(2)27-16-13(20)7-12(8-14(16)25-4)9-15-17(22)21(19(24)28-15)11(3)18(23)26-5/h7-11H,6H2,1-5H3/b15-9+/t10-,11+/m0/s1. The zero-order chi connectivity index (χ0) is 21.0. The van der Waals surface area contributed by atoms with Gasteiger partial charge in [-0.1, -0.05) is 6.92 Å². The van der Waals surface area contributed by atoms with E-state index in [2.05, 4.69) is 20.7 Å². The Balaban J connectivity index is 2.35. The fraction of sp³-hybridized carbons (Fsp3) is 0.421. The fourth-order valence-electron chi connectivity index (χ4n) is 2.46. The van der Waals surface area contributed by atoms with E-state index in [0.29, 0.717) is 21.5 Å². The van der Waals surface area contributed by atoms with E-state index >= 15 is 0 Å². The van der Waals surface area contributed by atoms with Crippen molar-refractivity contribution in [3.05, 3.63) is 27.1 Å². The molecule has 0 radical (unpaired) electrons. The van der Waals surface area contributed by atoms with Crippen molar-refractivity contribution in [2.75, 3.05) is 14.2 Å². The van der Waals surface area contributed by atoms with Crippen LogP contribution in [0.3, 0.4) is 0 Å². The monoisotopic (exact) mass is 471 g/mol. The predicted octanol–water partition coefficient (Wildman–Crippen LogP) is 4.23. The van der Waals surface area contributed by atoms with Gasteiger partial charge in [-0.15, -0.1) is 0 Å². The SMILES string of the molecule is CC[C@H](C)Oc1c(Br)cc(/C=C2/SC(=O)N([C@H](C)C(=O)OC)C2=O)cc1OC. The third kappa shape index (κ3) is 4.70. The van der Waals surface area contributed by atoms with Gasteiger partial charge in [-0.05, 0) is 71.7 Å². The molecule has 0 N–H and O–H groups in total. The highest BCUT2D eigenvalue weighted by Gasteiger charge is 2.41. The third-order valence-electron chi connectivity index (χ3n) is 4.20. The molecule has 28 heavy (non-hydrogen) atoms. The molecule has 0 bridgehead atoms. The zero-order valence-corrected chi connectivity index (χ0v) is 18.7. The molecule has 1 aromatic rings. The maximum Gasteiger partial charge on any atom is 0.328 e. The minimum atomic E-state index is -0.990. The summed E-state index contributed by atoms with van der Waals surface area (Å²) in [4.78, 5) is 37.6. The molecule has 2 amide bonds. The minimum absolute atomic E-state index is 0.00681. The van der Waals surface area contributed by atoms with E-state index in [4.69, 9.17) is 9.47 Å². The van der Waals surface area contributed by atoms with Crippen LogP contribution in [0.5, 0.6) is 11.5 Å². The molecule has 9 heteroatoms. The van der Waals surface area contributed by atoms with Crippen molar-refractivity contribution >= 4 is 50.9 Å². The average molecular weight is 472 g/mol. The van der Waals surface area contributed by atoms with Gasteiger partial charge in [0.2, 0.25) is 0 Å². The molecule has 1 aromatic carbocycles. The number of imide groups is 1. The second-order valence-electron chi connectivity index (χ2n) is 6.12. The number of hydrogen-bond donors (Lipinski definition) is 0. The first-order valence-electron chi connectivity index (χ1n) is 8.62. The summed E-state index contributed by atoms with van der Waals surface area (Å²) in [6.07, 6.45) is 2.42. The van der Waals surface area contributed by atoms with Crippen molar-refractivity contribution in [3.63, 3.8) is 0 Å². The van der Waals surface area contributed by atoms with Gasteiger partial charge in [0, 0.05) is 0 Å². The topological polar surface area (TPSA) is 82.1 Å². The van der Waals surface area contributed by atoms with Crippen molar-refractivity contribution in [1.29, 1.82) is 0 Å². The minimum Gasteiger partial charge on any atom is -0.493 e. The van der Waals surface area contributed by atoms with Crippen LogP contribution < -0.4 is 9.47 Å². The number of nitrogens with zero attached hydrogens (tertiary/aromatic N) is 1. The Kier molecular flexibility index (Phi) is 7.54. The molecule has 2 atom stereocenters. The Labute approximate surface area is 176 Å². The lowest BCUT2D eigenvalue weighted by Gasteiger charge is -2.18. The van der Waals surface area contributed by atoms with Crippen LogP contribution in [0.15, 0.2) is 21.5 Å². The summed E-state index contributed by atoms with van der Waals surface area (Å²) in [5.74, 6) is -0.119. The molecule has 152 valence electrons. The Bertz CT molecular complexity index is 825. The summed E-state index contributed by atoms with van der Waals surface area (Å²) in [6.45, 7) is 5.43. The highest BCUT2D eigenvalue weighted by molar-refractivity contribution is 9.10. The van der Waals surface area contributed by atoms with Crippen LogP contribution in [0.1, 0.15) is 32.8 Å². The van der Waals surface area contributed by atoms with Gasteiger partial charge in [0.1, 0.15) is 6.04 Å². The number of hydrogen-bond acceptors (Lipinski definition) is 7. The van der Waals surface area contributed by atoms with Crippen LogP contribution in [0.2, 0.25) is 0 Å². The van der Waals surface area contributed by atoms with Gasteiger partial charge in [0.05, 0.1) is 29.7 Å². The van der Waals surface area contributed by atoms with Gasteiger partial charge in [-0.2, -0.15) is 0 Å². The summed E-state index contributed by atoms with van der Waals surface area (Å²) >= 11 is 4.25. The molecule has 1 heterocycles. The molecular formula is C19H22BrNO6S. The predicted molar refractivity (Wildman–Crippen MR) is 110 cm³/mol. The number of rotatable bonds is 7. The Hall–Kier alpha value is -2.00. The Morgan fingerprint density at radius 2 is 1.96 bits per heavy atom. The number of benzene rings is 1. The van der Waals surface area contributed by atoms with Crippen LogP contribution in [-0.4, -0.2) is 48.4 Å². The van der Waals surface area contributed by atoms with Gasteiger partial charge in [0.15, 0.2) is 11.5 Å². The van der Waals surface area contributed by atoms with E-state index in [0.717, 1.165) is 23.1 Å². The lowest BCUT2D eigenvalue weighted by atomic mass is 10.1. The highest BCUT2D eigenvalue weighted by atomic mass is 79.9. The second kappa shape index (κ2) is 9.47. The molecule has 0 aliphatic carbocycles.